The molecular weight excluding hydrogens is 504 g/mol. The number of ether oxygens (including phenoxy) is 1. The van der Waals surface area contributed by atoms with Gasteiger partial charge < -0.3 is 15.4 Å². The van der Waals surface area contributed by atoms with Gasteiger partial charge in [0.2, 0.25) is 0 Å². The zero-order chi connectivity index (χ0) is 23.8. The zero-order valence-corrected chi connectivity index (χ0v) is 20.7. The molecule has 33 heavy (non-hydrogen) atoms. The lowest BCUT2D eigenvalue weighted by molar-refractivity contribution is 0.262. The third kappa shape index (κ3) is 6.84. The van der Waals surface area contributed by atoms with Crippen molar-refractivity contribution in [3.05, 3.63) is 93.4 Å². The van der Waals surface area contributed by atoms with Crippen molar-refractivity contribution in [3.63, 3.8) is 0 Å². The zero-order valence-electron chi connectivity index (χ0n) is 18.3. The first-order valence-corrected chi connectivity index (χ1v) is 11.3. The van der Waals surface area contributed by atoms with Crippen LogP contribution in [0.25, 0.3) is 5.70 Å². The summed E-state index contributed by atoms with van der Waals surface area (Å²) in [4.78, 5) is 12.5. The molecule has 6 nitrogen and oxygen atoms in total. The second-order valence-corrected chi connectivity index (χ2v) is 8.74. The van der Waals surface area contributed by atoms with Crippen LogP contribution >= 0.6 is 27.5 Å². The van der Waals surface area contributed by atoms with E-state index in [1.807, 2.05) is 49.4 Å². The molecule has 0 unspecified atom stereocenters. The molecule has 0 aliphatic carbocycles. The maximum atomic E-state index is 12.5. The number of carbonyl (C=O) groups is 1. The van der Waals surface area contributed by atoms with Crippen molar-refractivity contribution in [2.24, 2.45) is 5.10 Å². The molecule has 0 radical (unpaired) electrons. The highest BCUT2D eigenvalue weighted by atomic mass is 79.9. The predicted octanol–water partition coefficient (Wildman–Crippen LogP) is 7.19. The number of anilines is 2. The van der Waals surface area contributed by atoms with Crippen molar-refractivity contribution in [2.75, 3.05) is 17.7 Å². The lowest BCUT2D eigenvalue weighted by atomic mass is 10.1. The van der Waals surface area contributed by atoms with Crippen LogP contribution in [0.1, 0.15) is 18.1 Å². The molecule has 0 saturated heterocycles. The topological polar surface area (TPSA) is 66.0 Å². The Kier molecular flexibility index (Phi) is 8.52. The molecule has 2 amide bonds. The minimum Gasteiger partial charge on any atom is -0.488 e. The molecule has 0 spiro atoms. The minimum absolute atomic E-state index is 0.377. The molecule has 3 rings (SSSR count). The van der Waals surface area contributed by atoms with E-state index in [9.17, 15) is 4.79 Å². The fraction of sp³-hybridized carbons (Fsp3) is 0.120. The molecule has 2 N–H and O–H groups in total. The van der Waals surface area contributed by atoms with Crippen molar-refractivity contribution >= 4 is 57.4 Å². The van der Waals surface area contributed by atoms with E-state index in [1.54, 1.807) is 42.4 Å². The smallest absolute Gasteiger partial charge is 0.323 e. The van der Waals surface area contributed by atoms with Crippen LogP contribution in [-0.2, 0) is 6.61 Å². The number of benzene rings is 3. The van der Waals surface area contributed by atoms with Crippen LogP contribution in [-0.4, -0.2) is 24.8 Å². The quantitative estimate of drug-likeness (QED) is 0.241. The number of halogens is 2. The second kappa shape index (κ2) is 11.5. The molecule has 170 valence electrons. The number of hydrogen-bond acceptors (Lipinski definition) is 4. The van der Waals surface area contributed by atoms with E-state index in [0.717, 1.165) is 21.3 Å². The lowest BCUT2D eigenvalue weighted by Gasteiger charge is -2.22. The Morgan fingerprint density at radius 1 is 1.06 bits per heavy atom. The Morgan fingerprint density at radius 2 is 1.70 bits per heavy atom. The largest absolute Gasteiger partial charge is 0.488 e. The van der Waals surface area contributed by atoms with Crippen molar-refractivity contribution < 1.29 is 9.53 Å². The molecule has 8 heteroatoms. The summed E-state index contributed by atoms with van der Waals surface area (Å²) >= 11 is 9.46. The monoisotopic (exact) mass is 526 g/mol. The highest BCUT2D eigenvalue weighted by Gasteiger charge is 2.17. The highest BCUT2D eigenvalue weighted by molar-refractivity contribution is 9.11. The summed E-state index contributed by atoms with van der Waals surface area (Å²) in [6.07, 6.45) is 0. The van der Waals surface area contributed by atoms with E-state index < -0.39 is 0 Å². The van der Waals surface area contributed by atoms with Gasteiger partial charge in [-0.05, 0) is 55.0 Å². The fourth-order valence-electron chi connectivity index (χ4n) is 3.13. The van der Waals surface area contributed by atoms with Crippen molar-refractivity contribution in [3.8, 4) is 5.75 Å². The number of amides is 2. The van der Waals surface area contributed by atoms with Gasteiger partial charge in [0.1, 0.15) is 12.4 Å². The third-order valence-electron chi connectivity index (χ3n) is 4.69. The van der Waals surface area contributed by atoms with Crippen LogP contribution in [0.15, 0.2) is 82.4 Å². The fourth-order valence-corrected chi connectivity index (χ4v) is 3.73. The summed E-state index contributed by atoms with van der Waals surface area (Å²) in [5.74, 6) is 0.645. The molecule has 0 fully saturated rings. The van der Waals surface area contributed by atoms with Crippen LogP contribution in [0.2, 0.25) is 5.02 Å². The summed E-state index contributed by atoms with van der Waals surface area (Å²) in [7, 11) is 1.79. The summed E-state index contributed by atoms with van der Waals surface area (Å²) in [6, 6.07) is 21.8. The first-order chi connectivity index (χ1) is 15.9. The number of hydrogen-bond donors (Lipinski definition) is 2. The molecule has 0 saturated carbocycles. The van der Waals surface area contributed by atoms with Crippen LogP contribution in [0.5, 0.6) is 5.75 Å². The molecular formula is C25H24BrClN4O2. The molecule has 3 aromatic rings. The van der Waals surface area contributed by atoms with Gasteiger partial charge in [-0.2, -0.15) is 5.10 Å². The average molecular weight is 528 g/mol. The van der Waals surface area contributed by atoms with E-state index in [-0.39, 0.29) is 6.03 Å². The van der Waals surface area contributed by atoms with Crippen LogP contribution in [0.3, 0.4) is 0 Å². The minimum atomic E-state index is -0.377. The van der Waals surface area contributed by atoms with E-state index in [1.165, 1.54) is 0 Å². The predicted molar refractivity (Wildman–Crippen MR) is 140 cm³/mol. The summed E-state index contributed by atoms with van der Waals surface area (Å²) in [6.45, 7) is 5.94. The van der Waals surface area contributed by atoms with Crippen LogP contribution in [0.4, 0.5) is 16.2 Å². The average Bonchev–Trinajstić information content (AvgIpc) is 2.80. The van der Waals surface area contributed by atoms with E-state index in [2.05, 4.69) is 38.4 Å². The van der Waals surface area contributed by atoms with E-state index >= 15 is 0 Å². The number of rotatable bonds is 8. The Balaban J connectivity index is 1.87. The van der Waals surface area contributed by atoms with E-state index in [0.29, 0.717) is 28.8 Å². The van der Waals surface area contributed by atoms with Gasteiger partial charge in [0.25, 0.3) is 0 Å². The third-order valence-corrected chi connectivity index (χ3v) is 5.32. The molecule has 0 heterocycles. The van der Waals surface area contributed by atoms with Crippen LogP contribution in [0, 0.1) is 0 Å². The first kappa shape index (κ1) is 24.4. The Hall–Kier alpha value is -3.29. The summed E-state index contributed by atoms with van der Waals surface area (Å²) in [5, 5.41) is 11.9. The highest BCUT2D eigenvalue weighted by Crippen LogP contribution is 2.35. The number of urea groups is 1. The molecule has 0 atom stereocenters. The second-order valence-electron chi connectivity index (χ2n) is 7.12. The molecule has 3 aromatic carbocycles. The molecule has 0 aliphatic rings. The number of nitrogens with zero attached hydrogens (tertiary/aromatic N) is 2. The Labute approximate surface area is 207 Å². The number of allylic oxidation sites excluding steroid dienone is 1. The Bertz CT molecular complexity index is 1150. The van der Waals surface area contributed by atoms with Gasteiger partial charge in [0, 0.05) is 40.2 Å². The number of hydrazone groups is 1. The molecule has 0 aromatic heterocycles. The normalized spacial score (nSPS) is 11.3. The van der Waals surface area contributed by atoms with Gasteiger partial charge in [-0.1, -0.05) is 57.9 Å². The van der Waals surface area contributed by atoms with Crippen LogP contribution < -0.4 is 15.4 Å². The maximum Gasteiger partial charge on any atom is 0.323 e. The number of nitrogens with one attached hydrogen (secondary N) is 2. The van der Waals surface area contributed by atoms with E-state index in [4.69, 9.17) is 16.3 Å². The van der Waals surface area contributed by atoms with Gasteiger partial charge in [-0.25, -0.2) is 4.79 Å². The molecule has 0 aliphatic heterocycles. The summed E-state index contributed by atoms with van der Waals surface area (Å²) in [5.41, 5.74) is 3.78. The first-order valence-electron chi connectivity index (χ1n) is 10.1. The molecule has 0 bridgehead atoms. The van der Waals surface area contributed by atoms with Gasteiger partial charge in [0.15, 0.2) is 0 Å². The lowest BCUT2D eigenvalue weighted by Crippen LogP contribution is -2.19. The maximum absolute atomic E-state index is 12.5. The van der Waals surface area contributed by atoms with Gasteiger partial charge in [-0.3, -0.25) is 5.01 Å². The summed E-state index contributed by atoms with van der Waals surface area (Å²) < 4.78 is 6.97. The van der Waals surface area contributed by atoms with Crippen molar-refractivity contribution in [1.29, 1.82) is 0 Å². The van der Waals surface area contributed by atoms with Gasteiger partial charge >= 0.3 is 6.03 Å². The van der Waals surface area contributed by atoms with Crippen molar-refractivity contribution in [2.45, 2.75) is 13.5 Å². The standard InChI is InChI=1S/C25H24BrClN4O2/c1-17(26)24(31(3)28-2)22-15-21(30-25(32)29-20-11-9-19(27)10-12-20)13-14-23(22)33-16-18-7-5-4-6-8-18/h4-15H,2,16H2,1,3H3,(H2,29,30,32)/b24-17+. The van der Waals surface area contributed by atoms with Gasteiger partial charge in [-0.15, -0.1) is 0 Å². The van der Waals surface area contributed by atoms with Crippen molar-refractivity contribution in [1.82, 2.24) is 5.01 Å². The Morgan fingerprint density at radius 3 is 2.33 bits per heavy atom. The number of carbonyl (C=O) groups excluding carboxylic acids is 1. The SMILES string of the molecule is C=NN(C)/C(=C(\C)Br)c1cc(NC(=O)Nc2ccc(Cl)cc2)ccc1OCc1ccccc1. The van der Waals surface area contributed by atoms with Gasteiger partial charge in [0.05, 0.1) is 5.70 Å².